The van der Waals surface area contributed by atoms with Crippen molar-refractivity contribution in [3.8, 4) is 0 Å². The first-order chi connectivity index (χ1) is 20.4. The Hall–Kier alpha value is -4.69. The minimum absolute atomic E-state index is 0.00233. The van der Waals surface area contributed by atoms with Crippen molar-refractivity contribution in [3.05, 3.63) is 120 Å². The second kappa shape index (κ2) is 11.7. The van der Waals surface area contributed by atoms with E-state index < -0.39 is 18.2 Å². The summed E-state index contributed by atoms with van der Waals surface area (Å²) in [5.41, 5.74) is 2.92. The summed E-state index contributed by atoms with van der Waals surface area (Å²) in [5.74, 6) is -0.297. The summed E-state index contributed by atoms with van der Waals surface area (Å²) in [6, 6.07) is 32.9. The van der Waals surface area contributed by atoms with Gasteiger partial charge in [-0.15, -0.1) is 0 Å². The molecule has 0 saturated carbocycles. The smallest absolute Gasteiger partial charge is 0.333 e. The fraction of sp³-hybridized carbons (Fsp3) is 0.265. The van der Waals surface area contributed by atoms with Crippen LogP contribution in [-0.2, 0) is 29.1 Å². The van der Waals surface area contributed by atoms with Gasteiger partial charge in [-0.2, -0.15) is 0 Å². The number of amides is 4. The summed E-state index contributed by atoms with van der Waals surface area (Å²) in [4.78, 5) is 45.3. The molecule has 2 aliphatic rings. The average molecular weight is 561 g/mol. The van der Waals surface area contributed by atoms with Crippen LogP contribution < -0.4 is 5.32 Å². The van der Waals surface area contributed by atoms with Crippen molar-refractivity contribution in [3.63, 3.8) is 0 Å². The van der Waals surface area contributed by atoms with Gasteiger partial charge in [0.2, 0.25) is 11.8 Å². The van der Waals surface area contributed by atoms with E-state index in [1.165, 1.54) is 0 Å². The number of hydrazine groups is 1. The number of hydrogen-bond acceptors (Lipinski definition) is 4. The van der Waals surface area contributed by atoms with Crippen LogP contribution in [0.25, 0.3) is 10.8 Å². The molecule has 2 saturated heterocycles. The number of carbonyl (C=O) groups is 3. The minimum Gasteiger partial charge on any atom is -0.333 e. The molecule has 6 rings (SSSR count). The zero-order valence-corrected chi connectivity index (χ0v) is 23.8. The van der Waals surface area contributed by atoms with Crippen LogP contribution in [0, 0.1) is 6.07 Å². The van der Waals surface area contributed by atoms with Gasteiger partial charge in [-0.3, -0.25) is 9.59 Å². The van der Waals surface area contributed by atoms with Gasteiger partial charge in [0, 0.05) is 26.6 Å². The molecular formula is C34H34N5O3. The topological polar surface area (TPSA) is 76.2 Å². The molecule has 3 atom stereocenters. The highest BCUT2D eigenvalue weighted by molar-refractivity contribution is 5.92. The lowest BCUT2D eigenvalue weighted by molar-refractivity contribution is -0.196. The molecule has 2 aliphatic heterocycles. The summed E-state index contributed by atoms with van der Waals surface area (Å²) in [6.45, 7) is 2.64. The van der Waals surface area contributed by atoms with Gasteiger partial charge in [-0.25, -0.2) is 14.8 Å². The standard InChI is InChI=1S/C34H34N5O3/c1-24-32-38(31(40)23-36(2)39(32)34(42)35-21-26-14-7-4-8-15-26)30(20-25-12-5-3-6-13-25)33(41)37(24)22-28-18-11-17-27-16-9-10-19-29(27)28/h4-19,24,30,32H,20-23H2,1-2H3,(H,35,42)/t24-,30-,32?/m0/s1. The Morgan fingerprint density at radius 3 is 2.40 bits per heavy atom. The van der Waals surface area contributed by atoms with Crippen LogP contribution in [-0.4, -0.2) is 69.5 Å². The van der Waals surface area contributed by atoms with Crippen LogP contribution in [0.15, 0.2) is 97.1 Å². The summed E-state index contributed by atoms with van der Waals surface area (Å²) in [6.07, 6.45) is -0.336. The van der Waals surface area contributed by atoms with E-state index >= 15 is 0 Å². The van der Waals surface area contributed by atoms with Crippen molar-refractivity contribution in [1.29, 1.82) is 0 Å². The molecule has 4 amide bonds. The van der Waals surface area contributed by atoms with Gasteiger partial charge in [0.25, 0.3) is 0 Å². The van der Waals surface area contributed by atoms with Crippen molar-refractivity contribution < 1.29 is 14.4 Å². The number of likely N-dealkylation sites (N-methyl/N-ethyl adjacent to an activating group) is 1. The highest BCUT2D eigenvalue weighted by Crippen LogP contribution is 2.33. The van der Waals surface area contributed by atoms with Crippen LogP contribution in [0.2, 0.25) is 0 Å². The van der Waals surface area contributed by atoms with E-state index in [1.807, 2.05) is 90.7 Å². The largest absolute Gasteiger partial charge is 0.334 e. The Kier molecular flexibility index (Phi) is 7.63. The summed E-state index contributed by atoms with van der Waals surface area (Å²) < 4.78 is 0. The molecule has 8 heteroatoms. The van der Waals surface area contributed by atoms with Gasteiger partial charge < -0.3 is 15.1 Å². The normalized spacial score (nSPS) is 21.0. The molecule has 42 heavy (non-hydrogen) atoms. The molecule has 2 fully saturated rings. The number of nitrogens with one attached hydrogen (secondary N) is 1. The van der Waals surface area contributed by atoms with Gasteiger partial charge in [0.15, 0.2) is 0 Å². The van der Waals surface area contributed by atoms with Crippen LogP contribution in [0.4, 0.5) is 4.79 Å². The molecule has 1 unspecified atom stereocenters. The number of hydrogen-bond donors (Lipinski definition) is 1. The Morgan fingerprint density at radius 2 is 1.62 bits per heavy atom. The molecule has 4 aromatic carbocycles. The first kappa shape index (κ1) is 27.5. The van der Waals surface area contributed by atoms with Crippen LogP contribution in [0.5, 0.6) is 0 Å². The van der Waals surface area contributed by atoms with Crippen molar-refractivity contribution in [2.45, 2.75) is 44.7 Å². The van der Waals surface area contributed by atoms with E-state index in [4.69, 9.17) is 0 Å². The van der Waals surface area contributed by atoms with Crippen molar-refractivity contribution in [2.75, 3.05) is 13.6 Å². The second-order valence-corrected chi connectivity index (χ2v) is 11.0. The first-order valence-corrected chi connectivity index (χ1v) is 14.3. The maximum Gasteiger partial charge on any atom is 0.334 e. The quantitative estimate of drug-likeness (QED) is 0.384. The molecule has 1 radical (unpaired) electrons. The Labute approximate surface area is 246 Å². The fourth-order valence-electron chi connectivity index (χ4n) is 6.22. The number of piperazine rings is 1. The molecule has 4 aromatic rings. The number of urea groups is 1. The summed E-state index contributed by atoms with van der Waals surface area (Å²) in [7, 11) is 1.75. The number of carbonyl (C=O) groups excluding carboxylic acids is 3. The van der Waals surface area contributed by atoms with E-state index in [0.717, 1.165) is 27.5 Å². The average Bonchev–Trinajstić information content (AvgIpc) is 3.01. The van der Waals surface area contributed by atoms with Crippen molar-refractivity contribution >= 4 is 28.6 Å². The molecule has 0 bridgehead atoms. The maximum atomic E-state index is 14.3. The lowest BCUT2D eigenvalue weighted by atomic mass is 9.94. The Morgan fingerprint density at radius 1 is 0.905 bits per heavy atom. The minimum atomic E-state index is -0.755. The van der Waals surface area contributed by atoms with Crippen molar-refractivity contribution in [1.82, 2.24) is 25.1 Å². The predicted octanol–water partition coefficient (Wildman–Crippen LogP) is 4.21. The SMILES string of the molecule is C[C@H]1C2N(C(=O)CN(C)N2C(=O)NCc2ccccc2)[C@@H](Cc2cc[c]cc2)C(=O)N1Cc1cccc2ccccc12. The molecular weight excluding hydrogens is 526 g/mol. The van der Waals surface area contributed by atoms with E-state index in [1.54, 1.807) is 22.0 Å². The summed E-state index contributed by atoms with van der Waals surface area (Å²) >= 11 is 0. The van der Waals surface area contributed by atoms with E-state index in [2.05, 4.69) is 29.6 Å². The van der Waals surface area contributed by atoms with E-state index in [0.29, 0.717) is 19.5 Å². The highest BCUT2D eigenvalue weighted by atomic mass is 16.2. The molecule has 0 spiro atoms. The van der Waals surface area contributed by atoms with Gasteiger partial charge in [0.05, 0.1) is 12.6 Å². The number of nitrogens with zero attached hydrogens (tertiary/aromatic N) is 4. The first-order valence-electron chi connectivity index (χ1n) is 14.3. The highest BCUT2D eigenvalue weighted by Gasteiger charge is 2.54. The third-order valence-corrected chi connectivity index (χ3v) is 8.31. The Balaban J connectivity index is 1.37. The lowest BCUT2D eigenvalue weighted by Crippen LogP contribution is -2.78. The van der Waals surface area contributed by atoms with Crippen LogP contribution in [0.3, 0.4) is 0 Å². The predicted molar refractivity (Wildman–Crippen MR) is 161 cm³/mol. The van der Waals surface area contributed by atoms with Crippen LogP contribution >= 0.6 is 0 Å². The van der Waals surface area contributed by atoms with Gasteiger partial charge in [-0.1, -0.05) is 97.1 Å². The zero-order valence-electron chi connectivity index (χ0n) is 23.8. The zero-order chi connectivity index (χ0) is 29.2. The fourth-order valence-corrected chi connectivity index (χ4v) is 6.22. The lowest BCUT2D eigenvalue weighted by Gasteiger charge is -2.57. The molecule has 8 nitrogen and oxygen atoms in total. The van der Waals surface area contributed by atoms with Gasteiger partial charge in [0.1, 0.15) is 12.2 Å². The molecule has 1 N–H and O–H groups in total. The van der Waals surface area contributed by atoms with Gasteiger partial charge >= 0.3 is 6.03 Å². The molecule has 0 aliphatic carbocycles. The van der Waals surface area contributed by atoms with Crippen LogP contribution in [0.1, 0.15) is 23.6 Å². The number of benzene rings is 4. The van der Waals surface area contributed by atoms with Gasteiger partial charge in [-0.05, 0) is 40.5 Å². The molecule has 0 aromatic heterocycles. The monoisotopic (exact) mass is 560 g/mol. The third kappa shape index (κ3) is 5.21. The second-order valence-electron chi connectivity index (χ2n) is 11.0. The summed E-state index contributed by atoms with van der Waals surface area (Å²) in [5, 5.41) is 8.49. The van der Waals surface area contributed by atoms with E-state index in [9.17, 15) is 14.4 Å². The molecule has 213 valence electrons. The number of rotatable bonds is 6. The Bertz CT molecular complexity index is 1590. The van der Waals surface area contributed by atoms with Crippen molar-refractivity contribution in [2.24, 2.45) is 0 Å². The molecule has 2 heterocycles. The number of fused-ring (bicyclic) bond motifs is 2. The third-order valence-electron chi connectivity index (χ3n) is 8.31. The maximum absolute atomic E-state index is 14.3. The van der Waals surface area contributed by atoms with E-state index in [-0.39, 0.29) is 24.4 Å².